The molecule has 0 saturated heterocycles. The van der Waals surface area contributed by atoms with Crippen molar-refractivity contribution in [3.63, 3.8) is 0 Å². The van der Waals surface area contributed by atoms with E-state index < -0.39 is 29.3 Å². The first-order valence-electron chi connectivity index (χ1n) is 8.54. The third kappa shape index (κ3) is 3.71. The molecular weight excluding hydrogens is 371 g/mol. The first-order chi connectivity index (χ1) is 13.3. The van der Waals surface area contributed by atoms with Gasteiger partial charge in [0.25, 0.3) is 5.56 Å². The van der Waals surface area contributed by atoms with E-state index in [1.807, 2.05) is 0 Å². The quantitative estimate of drug-likeness (QED) is 0.712. The Morgan fingerprint density at radius 2 is 1.82 bits per heavy atom. The predicted molar refractivity (Wildman–Crippen MR) is 99.3 cm³/mol. The van der Waals surface area contributed by atoms with Crippen LogP contribution in [0.5, 0.6) is 0 Å². The summed E-state index contributed by atoms with van der Waals surface area (Å²) >= 11 is 0. The van der Waals surface area contributed by atoms with Gasteiger partial charge in [0.2, 0.25) is 0 Å². The molecule has 0 saturated carbocycles. The van der Waals surface area contributed by atoms with Gasteiger partial charge in [0, 0.05) is 19.8 Å². The Bertz CT molecular complexity index is 1080. The lowest BCUT2D eigenvalue weighted by atomic mass is 10.0. The Morgan fingerprint density at radius 1 is 1.14 bits per heavy atom. The van der Waals surface area contributed by atoms with Crippen LogP contribution in [0.3, 0.4) is 0 Å². The Kier molecular flexibility index (Phi) is 5.39. The van der Waals surface area contributed by atoms with Gasteiger partial charge in [-0.15, -0.1) is 0 Å². The third-order valence-electron chi connectivity index (χ3n) is 4.70. The number of hydrogen-bond donors (Lipinski definition) is 2. The van der Waals surface area contributed by atoms with Crippen molar-refractivity contribution < 1.29 is 18.0 Å². The fourth-order valence-electron chi connectivity index (χ4n) is 2.94. The average Bonchev–Trinajstić information content (AvgIpc) is 2.69. The molecule has 0 bridgehead atoms. The number of carbonyl (C=O) groups excluding carboxylic acids is 1. The first-order valence-corrected chi connectivity index (χ1v) is 8.54. The maximum atomic E-state index is 14.1. The smallest absolute Gasteiger partial charge is 0.317 e. The highest BCUT2D eigenvalue weighted by Gasteiger charge is 2.22. The van der Waals surface area contributed by atoms with E-state index in [0.29, 0.717) is 5.56 Å². The van der Waals surface area contributed by atoms with Crippen molar-refractivity contribution >= 4 is 16.8 Å². The number of urea groups is 1. The molecule has 2 N–H and O–H groups in total. The number of amides is 2. The van der Waals surface area contributed by atoms with Crippen LogP contribution in [0.2, 0.25) is 0 Å². The van der Waals surface area contributed by atoms with Crippen LogP contribution < -0.4 is 10.9 Å². The number of rotatable bonds is 4. The molecule has 3 rings (SSSR count). The maximum absolute atomic E-state index is 14.1. The summed E-state index contributed by atoms with van der Waals surface area (Å²) in [5.74, 6) is -2.71. The van der Waals surface area contributed by atoms with Gasteiger partial charge in [-0.25, -0.2) is 18.0 Å². The van der Waals surface area contributed by atoms with Gasteiger partial charge in [-0.2, -0.15) is 0 Å². The molecule has 2 aromatic carbocycles. The lowest BCUT2D eigenvalue weighted by Gasteiger charge is -2.26. The van der Waals surface area contributed by atoms with Crippen molar-refractivity contribution in [3.8, 4) is 0 Å². The number of halogens is 3. The van der Waals surface area contributed by atoms with Gasteiger partial charge in [-0.3, -0.25) is 4.79 Å². The predicted octanol–water partition coefficient (Wildman–Crippen LogP) is 3.85. The molecule has 0 aliphatic rings. The van der Waals surface area contributed by atoms with E-state index in [-0.39, 0.29) is 23.1 Å². The number of pyridine rings is 1. The summed E-state index contributed by atoms with van der Waals surface area (Å²) in [5.41, 5.74) is 0.446. The third-order valence-corrected chi connectivity index (χ3v) is 4.70. The van der Waals surface area contributed by atoms with Crippen LogP contribution in [0, 0.1) is 17.5 Å². The van der Waals surface area contributed by atoms with Crippen LogP contribution in [0.25, 0.3) is 10.8 Å². The normalized spacial score (nSPS) is 12.0. The number of aromatic nitrogens is 1. The molecule has 146 valence electrons. The van der Waals surface area contributed by atoms with E-state index in [4.69, 9.17) is 0 Å². The highest BCUT2D eigenvalue weighted by atomic mass is 19.2. The molecule has 1 atom stereocenters. The summed E-state index contributed by atoms with van der Waals surface area (Å²) in [6, 6.07) is 7.02. The zero-order chi connectivity index (χ0) is 20.4. The fraction of sp³-hybridized carbons (Fsp3) is 0.200. The van der Waals surface area contributed by atoms with Crippen molar-refractivity contribution in [1.29, 1.82) is 0 Å². The summed E-state index contributed by atoms with van der Waals surface area (Å²) in [6.07, 6.45) is 1.39. The molecule has 0 fully saturated rings. The lowest BCUT2D eigenvalue weighted by Crippen LogP contribution is -2.38. The number of carbonyl (C=O) groups is 1. The summed E-state index contributed by atoms with van der Waals surface area (Å²) in [5, 5.41) is 2.55. The lowest BCUT2D eigenvalue weighted by molar-refractivity contribution is 0.194. The maximum Gasteiger partial charge on any atom is 0.317 e. The zero-order valence-corrected chi connectivity index (χ0v) is 15.2. The van der Waals surface area contributed by atoms with Gasteiger partial charge in [0.1, 0.15) is 5.82 Å². The van der Waals surface area contributed by atoms with Gasteiger partial charge in [-0.1, -0.05) is 18.2 Å². The van der Waals surface area contributed by atoms with E-state index in [1.165, 1.54) is 29.3 Å². The number of fused-ring (bicyclic) bond motifs is 1. The highest BCUT2D eigenvalue weighted by molar-refractivity contribution is 5.86. The molecular formula is C20H18F3N3O2. The van der Waals surface area contributed by atoms with Crippen LogP contribution >= 0.6 is 0 Å². The number of nitrogens with zero attached hydrogens (tertiary/aromatic N) is 1. The van der Waals surface area contributed by atoms with Gasteiger partial charge in [0.15, 0.2) is 11.6 Å². The molecule has 1 heterocycles. The number of hydrogen-bond acceptors (Lipinski definition) is 2. The number of nitrogens with one attached hydrogen (secondary N) is 2. The number of H-pyrrole nitrogens is 1. The molecule has 0 radical (unpaired) electrons. The van der Waals surface area contributed by atoms with E-state index in [9.17, 15) is 22.8 Å². The van der Waals surface area contributed by atoms with E-state index >= 15 is 0 Å². The van der Waals surface area contributed by atoms with E-state index in [0.717, 1.165) is 11.6 Å². The van der Waals surface area contributed by atoms with Crippen LogP contribution in [0.1, 0.15) is 24.1 Å². The summed E-state index contributed by atoms with van der Waals surface area (Å²) in [4.78, 5) is 28.2. The topological polar surface area (TPSA) is 65.2 Å². The fourth-order valence-corrected chi connectivity index (χ4v) is 2.94. The number of aromatic amines is 1. The molecule has 1 aromatic heterocycles. The van der Waals surface area contributed by atoms with Gasteiger partial charge in [0.05, 0.1) is 11.4 Å². The minimum absolute atomic E-state index is 0.197. The summed E-state index contributed by atoms with van der Waals surface area (Å²) in [7, 11) is 1.54. The second-order valence-corrected chi connectivity index (χ2v) is 6.43. The molecule has 0 aliphatic carbocycles. The Balaban J connectivity index is 1.83. The molecule has 8 heteroatoms. The monoisotopic (exact) mass is 389 g/mol. The molecule has 5 nitrogen and oxygen atoms in total. The molecule has 0 spiro atoms. The number of benzene rings is 2. The molecule has 28 heavy (non-hydrogen) atoms. The molecule has 0 unspecified atom stereocenters. The van der Waals surface area contributed by atoms with Crippen molar-refractivity contribution in [2.24, 2.45) is 0 Å². The SMILES string of the molecule is C[C@@H](c1c[nH]c(=O)c2c(F)c(F)ccc12)N(C)C(=O)NCc1ccc(F)cc1. The van der Waals surface area contributed by atoms with Crippen molar-refractivity contribution in [3.05, 3.63) is 81.5 Å². The minimum atomic E-state index is -1.23. The van der Waals surface area contributed by atoms with Gasteiger partial charge < -0.3 is 15.2 Å². The molecule has 2 amide bonds. The van der Waals surface area contributed by atoms with Crippen molar-refractivity contribution in [1.82, 2.24) is 15.2 Å². The van der Waals surface area contributed by atoms with Crippen molar-refractivity contribution in [2.75, 3.05) is 7.05 Å². The summed E-state index contributed by atoms with van der Waals surface area (Å²) in [6.45, 7) is 1.90. The second kappa shape index (κ2) is 7.75. The zero-order valence-electron chi connectivity index (χ0n) is 15.2. The van der Waals surface area contributed by atoms with Gasteiger partial charge >= 0.3 is 6.03 Å². The van der Waals surface area contributed by atoms with Crippen LogP contribution in [0.15, 0.2) is 47.4 Å². The van der Waals surface area contributed by atoms with Crippen molar-refractivity contribution in [2.45, 2.75) is 19.5 Å². The molecule has 3 aromatic rings. The van der Waals surface area contributed by atoms with E-state index in [2.05, 4.69) is 10.3 Å². The van der Waals surface area contributed by atoms with Crippen LogP contribution in [-0.2, 0) is 6.54 Å². The Morgan fingerprint density at radius 3 is 2.50 bits per heavy atom. The second-order valence-electron chi connectivity index (χ2n) is 6.43. The minimum Gasteiger partial charge on any atom is -0.334 e. The van der Waals surface area contributed by atoms with E-state index in [1.54, 1.807) is 26.1 Å². The Hall–Kier alpha value is -3.29. The van der Waals surface area contributed by atoms with Crippen LogP contribution in [0.4, 0.5) is 18.0 Å². The van der Waals surface area contributed by atoms with Gasteiger partial charge in [-0.05, 0) is 41.6 Å². The standard InChI is InChI=1S/C20H18F3N3O2/c1-11(26(2)20(28)25-9-12-3-5-13(21)6-4-12)15-10-24-19(27)17-14(15)7-8-16(22)18(17)23/h3-8,10-11H,9H2,1-2H3,(H,24,27)(H,25,28)/t11-/m0/s1. The summed E-state index contributed by atoms with van der Waals surface area (Å²) < 4.78 is 40.5. The molecule has 0 aliphatic heterocycles. The Labute approximate surface area is 158 Å². The first kappa shape index (κ1) is 19.5. The highest BCUT2D eigenvalue weighted by Crippen LogP contribution is 2.27. The largest absolute Gasteiger partial charge is 0.334 e. The van der Waals surface area contributed by atoms with Crippen LogP contribution in [-0.4, -0.2) is 23.0 Å². The average molecular weight is 389 g/mol.